The quantitative estimate of drug-likeness (QED) is 0.694. The van der Waals surface area contributed by atoms with Gasteiger partial charge in [-0.25, -0.2) is 0 Å². The topological polar surface area (TPSA) is 24.5 Å². The maximum atomic E-state index is 5.56. The first kappa shape index (κ1) is 16.0. The highest BCUT2D eigenvalue weighted by Crippen LogP contribution is 2.19. The van der Waals surface area contributed by atoms with E-state index in [-0.39, 0.29) is 0 Å². The molecular formula is C16H28N2O. The Kier molecular flexibility index (Phi) is 7.53. The maximum Gasteiger partial charge on any atom is 0.122 e. The number of aryl methyl sites for hydroxylation is 1. The van der Waals surface area contributed by atoms with Gasteiger partial charge in [-0.2, -0.15) is 0 Å². The van der Waals surface area contributed by atoms with Crippen molar-refractivity contribution in [1.29, 1.82) is 0 Å². The van der Waals surface area contributed by atoms with Crippen molar-refractivity contribution >= 4 is 0 Å². The molecule has 19 heavy (non-hydrogen) atoms. The zero-order chi connectivity index (χ0) is 14.1. The standard InChI is InChI=1S/C16H28N2O/c1-5-17-10-12-18(4)11-9-15-7-8-16(19-6-2)14(3)13-15/h7-8,13,17H,5-6,9-12H2,1-4H3. The minimum atomic E-state index is 0.730. The van der Waals surface area contributed by atoms with Crippen LogP contribution in [0.25, 0.3) is 0 Å². The highest BCUT2D eigenvalue weighted by molar-refractivity contribution is 5.36. The summed E-state index contributed by atoms with van der Waals surface area (Å²) in [5.74, 6) is 1.01. The SMILES string of the molecule is CCNCCN(C)CCc1ccc(OCC)c(C)c1. The number of nitrogens with zero attached hydrogens (tertiary/aromatic N) is 1. The summed E-state index contributed by atoms with van der Waals surface area (Å²) in [5.41, 5.74) is 2.62. The first-order valence-electron chi connectivity index (χ1n) is 7.29. The average molecular weight is 264 g/mol. The van der Waals surface area contributed by atoms with Gasteiger partial charge >= 0.3 is 0 Å². The Bertz CT molecular complexity index is 366. The van der Waals surface area contributed by atoms with Crippen molar-refractivity contribution in [3.8, 4) is 5.75 Å². The summed E-state index contributed by atoms with van der Waals surface area (Å²) in [6.45, 7) is 11.3. The molecule has 1 aromatic carbocycles. The van der Waals surface area contributed by atoms with Crippen LogP contribution in [0.1, 0.15) is 25.0 Å². The van der Waals surface area contributed by atoms with Crippen LogP contribution in [0.5, 0.6) is 5.75 Å². The molecule has 0 spiro atoms. The summed E-state index contributed by atoms with van der Waals surface area (Å²) in [4.78, 5) is 2.37. The van der Waals surface area contributed by atoms with Crippen molar-refractivity contribution in [2.45, 2.75) is 27.2 Å². The second kappa shape index (κ2) is 8.94. The van der Waals surface area contributed by atoms with Crippen molar-refractivity contribution in [1.82, 2.24) is 10.2 Å². The molecule has 3 nitrogen and oxygen atoms in total. The number of ether oxygens (including phenoxy) is 1. The molecule has 0 aliphatic rings. The molecule has 0 amide bonds. The van der Waals surface area contributed by atoms with E-state index < -0.39 is 0 Å². The van der Waals surface area contributed by atoms with E-state index in [9.17, 15) is 0 Å². The molecule has 1 aromatic rings. The van der Waals surface area contributed by atoms with E-state index in [1.165, 1.54) is 11.1 Å². The van der Waals surface area contributed by atoms with Crippen LogP contribution in [0, 0.1) is 6.92 Å². The normalized spacial score (nSPS) is 11.0. The Balaban J connectivity index is 2.38. The van der Waals surface area contributed by atoms with Gasteiger partial charge in [0.1, 0.15) is 5.75 Å². The summed E-state index contributed by atoms with van der Waals surface area (Å²) in [6.07, 6.45) is 1.09. The lowest BCUT2D eigenvalue weighted by molar-refractivity contribution is 0.334. The average Bonchev–Trinajstić information content (AvgIpc) is 2.40. The van der Waals surface area contributed by atoms with E-state index in [0.717, 1.165) is 45.0 Å². The van der Waals surface area contributed by atoms with Crippen LogP contribution in [0.15, 0.2) is 18.2 Å². The molecule has 0 aliphatic heterocycles. The van der Waals surface area contributed by atoms with Gasteiger partial charge in [0, 0.05) is 19.6 Å². The lowest BCUT2D eigenvalue weighted by atomic mass is 10.1. The summed E-state index contributed by atoms with van der Waals surface area (Å²) < 4.78 is 5.56. The largest absolute Gasteiger partial charge is 0.494 e. The van der Waals surface area contributed by atoms with Crippen molar-refractivity contribution in [3.63, 3.8) is 0 Å². The van der Waals surface area contributed by atoms with Crippen LogP contribution in [-0.2, 0) is 6.42 Å². The van der Waals surface area contributed by atoms with E-state index in [1.54, 1.807) is 0 Å². The fourth-order valence-electron chi connectivity index (χ4n) is 2.06. The molecule has 108 valence electrons. The van der Waals surface area contributed by atoms with E-state index in [4.69, 9.17) is 4.74 Å². The molecule has 0 saturated heterocycles. The summed E-state index contributed by atoms with van der Waals surface area (Å²) >= 11 is 0. The fraction of sp³-hybridized carbons (Fsp3) is 0.625. The Labute approximate surface area is 118 Å². The predicted octanol–water partition coefficient (Wildman–Crippen LogP) is 2.48. The third kappa shape index (κ3) is 6.08. The summed E-state index contributed by atoms with van der Waals surface area (Å²) in [6, 6.07) is 6.51. The van der Waals surface area contributed by atoms with Crippen molar-refractivity contribution in [2.24, 2.45) is 0 Å². The fourth-order valence-corrected chi connectivity index (χ4v) is 2.06. The van der Waals surface area contributed by atoms with Gasteiger partial charge in [-0.3, -0.25) is 0 Å². The number of hydrogen-bond donors (Lipinski definition) is 1. The number of hydrogen-bond acceptors (Lipinski definition) is 3. The third-order valence-corrected chi connectivity index (χ3v) is 3.24. The van der Waals surface area contributed by atoms with Crippen LogP contribution in [0.4, 0.5) is 0 Å². The van der Waals surface area contributed by atoms with Gasteiger partial charge in [0.2, 0.25) is 0 Å². The molecular weight excluding hydrogens is 236 g/mol. The van der Waals surface area contributed by atoms with Gasteiger partial charge in [0.15, 0.2) is 0 Å². The molecule has 0 radical (unpaired) electrons. The Hall–Kier alpha value is -1.06. The number of benzene rings is 1. The van der Waals surface area contributed by atoms with Gasteiger partial charge in [-0.1, -0.05) is 19.1 Å². The molecule has 1 rings (SSSR count). The van der Waals surface area contributed by atoms with Gasteiger partial charge in [0.05, 0.1) is 6.61 Å². The molecule has 0 saturated carbocycles. The molecule has 0 heterocycles. The van der Waals surface area contributed by atoms with E-state index in [1.807, 2.05) is 6.92 Å². The molecule has 0 bridgehead atoms. The van der Waals surface area contributed by atoms with Crippen LogP contribution >= 0.6 is 0 Å². The number of rotatable bonds is 9. The molecule has 0 atom stereocenters. The van der Waals surface area contributed by atoms with E-state index in [0.29, 0.717) is 0 Å². The minimum Gasteiger partial charge on any atom is -0.494 e. The molecule has 1 N–H and O–H groups in total. The Morgan fingerprint density at radius 3 is 2.63 bits per heavy atom. The lowest BCUT2D eigenvalue weighted by Crippen LogP contribution is -2.30. The maximum absolute atomic E-state index is 5.56. The molecule has 3 heteroatoms. The molecule has 0 aliphatic carbocycles. The summed E-state index contributed by atoms with van der Waals surface area (Å²) in [7, 11) is 2.18. The van der Waals surface area contributed by atoms with Gasteiger partial charge in [0.25, 0.3) is 0 Å². The zero-order valence-electron chi connectivity index (χ0n) is 12.8. The first-order chi connectivity index (χ1) is 9.17. The monoisotopic (exact) mass is 264 g/mol. The summed E-state index contributed by atoms with van der Waals surface area (Å²) in [5, 5.41) is 3.35. The van der Waals surface area contributed by atoms with E-state index in [2.05, 4.69) is 49.3 Å². The highest BCUT2D eigenvalue weighted by atomic mass is 16.5. The third-order valence-electron chi connectivity index (χ3n) is 3.24. The first-order valence-corrected chi connectivity index (χ1v) is 7.29. The van der Waals surface area contributed by atoms with Crippen molar-refractivity contribution in [2.75, 3.05) is 39.8 Å². The second-order valence-corrected chi connectivity index (χ2v) is 4.94. The zero-order valence-corrected chi connectivity index (χ0v) is 12.8. The van der Waals surface area contributed by atoms with Gasteiger partial charge in [-0.15, -0.1) is 0 Å². The van der Waals surface area contributed by atoms with Crippen LogP contribution in [-0.4, -0.2) is 44.7 Å². The van der Waals surface area contributed by atoms with E-state index >= 15 is 0 Å². The predicted molar refractivity (Wildman–Crippen MR) is 82.1 cm³/mol. The van der Waals surface area contributed by atoms with Crippen molar-refractivity contribution in [3.05, 3.63) is 29.3 Å². The molecule has 0 aromatic heterocycles. The highest BCUT2D eigenvalue weighted by Gasteiger charge is 2.03. The van der Waals surface area contributed by atoms with Gasteiger partial charge < -0.3 is 15.0 Å². The van der Waals surface area contributed by atoms with Crippen LogP contribution < -0.4 is 10.1 Å². The lowest BCUT2D eigenvalue weighted by Gasteiger charge is -2.17. The van der Waals surface area contributed by atoms with Crippen LogP contribution in [0.2, 0.25) is 0 Å². The van der Waals surface area contributed by atoms with Crippen LogP contribution in [0.3, 0.4) is 0 Å². The smallest absolute Gasteiger partial charge is 0.122 e. The Morgan fingerprint density at radius 2 is 2.00 bits per heavy atom. The number of nitrogens with one attached hydrogen (secondary N) is 1. The molecule has 0 unspecified atom stereocenters. The molecule has 0 fully saturated rings. The van der Waals surface area contributed by atoms with Crippen molar-refractivity contribution < 1.29 is 4.74 Å². The Morgan fingerprint density at radius 1 is 1.21 bits per heavy atom. The minimum absolute atomic E-state index is 0.730. The van der Waals surface area contributed by atoms with Gasteiger partial charge in [-0.05, 0) is 51.1 Å². The number of likely N-dealkylation sites (N-methyl/N-ethyl adjacent to an activating group) is 2. The second-order valence-electron chi connectivity index (χ2n) is 4.94.